The number of nitriles is 1. The highest BCUT2D eigenvalue weighted by Crippen LogP contribution is 2.18. The van der Waals surface area contributed by atoms with Crippen LogP contribution in [0.2, 0.25) is 5.02 Å². The molecule has 0 saturated carbocycles. The van der Waals surface area contributed by atoms with Crippen molar-refractivity contribution in [2.75, 3.05) is 0 Å². The van der Waals surface area contributed by atoms with Crippen molar-refractivity contribution in [1.82, 2.24) is 9.97 Å². The molecule has 1 N–H and O–H groups in total. The molecule has 0 aliphatic rings. The molecule has 2 aromatic rings. The molecule has 0 saturated heterocycles. The summed E-state index contributed by atoms with van der Waals surface area (Å²) in [5.74, 6) is 0. The molecule has 12 heavy (non-hydrogen) atoms. The van der Waals surface area contributed by atoms with E-state index in [1.807, 2.05) is 6.07 Å². The van der Waals surface area contributed by atoms with E-state index in [0.29, 0.717) is 5.02 Å². The molecule has 0 amide bonds. The van der Waals surface area contributed by atoms with Crippen LogP contribution >= 0.6 is 11.6 Å². The van der Waals surface area contributed by atoms with Crippen LogP contribution in [0.1, 0.15) is 5.69 Å². The first-order valence-electron chi connectivity index (χ1n) is 3.35. The minimum absolute atomic E-state index is 0.267. The summed E-state index contributed by atoms with van der Waals surface area (Å²) in [6.07, 6.45) is 1.76. The molecule has 2 heterocycles. The molecule has 2 rings (SSSR count). The van der Waals surface area contributed by atoms with Gasteiger partial charge in [0.1, 0.15) is 6.07 Å². The lowest BCUT2D eigenvalue weighted by molar-refractivity contribution is 1.32. The third kappa shape index (κ3) is 0.936. The van der Waals surface area contributed by atoms with E-state index in [9.17, 15) is 0 Å². The van der Waals surface area contributed by atoms with Gasteiger partial charge in [0.05, 0.1) is 16.1 Å². The number of fused-ring (bicyclic) bond motifs is 1. The first-order chi connectivity index (χ1) is 5.81. The summed E-state index contributed by atoms with van der Waals surface area (Å²) in [4.78, 5) is 6.98. The fourth-order valence-electron chi connectivity index (χ4n) is 1.03. The molecular weight excluding hydrogens is 174 g/mol. The van der Waals surface area contributed by atoms with Gasteiger partial charge in [-0.1, -0.05) is 11.6 Å². The minimum atomic E-state index is 0.267. The molecule has 0 aromatic carbocycles. The van der Waals surface area contributed by atoms with Crippen molar-refractivity contribution in [2.45, 2.75) is 0 Å². The lowest BCUT2D eigenvalue weighted by Gasteiger charge is -1.93. The molecule has 4 heteroatoms. The number of aromatic nitrogens is 2. The van der Waals surface area contributed by atoms with Crippen LogP contribution in [0.25, 0.3) is 11.0 Å². The zero-order valence-corrected chi connectivity index (χ0v) is 6.76. The van der Waals surface area contributed by atoms with Crippen LogP contribution in [-0.4, -0.2) is 9.97 Å². The maximum absolute atomic E-state index is 8.61. The molecule has 0 unspecified atom stereocenters. The van der Waals surface area contributed by atoms with Gasteiger partial charge < -0.3 is 4.98 Å². The minimum Gasteiger partial charge on any atom is -0.360 e. The summed E-state index contributed by atoms with van der Waals surface area (Å²) in [5, 5.41) is 8.99. The van der Waals surface area contributed by atoms with Gasteiger partial charge in [0.2, 0.25) is 0 Å². The van der Waals surface area contributed by atoms with Crippen molar-refractivity contribution in [3.8, 4) is 6.07 Å². The summed E-state index contributed by atoms with van der Waals surface area (Å²) >= 11 is 5.76. The van der Waals surface area contributed by atoms with E-state index in [-0.39, 0.29) is 5.69 Å². The molecule has 0 aliphatic carbocycles. The van der Waals surface area contributed by atoms with Gasteiger partial charge in [-0.15, -0.1) is 0 Å². The van der Waals surface area contributed by atoms with Crippen LogP contribution in [-0.2, 0) is 0 Å². The van der Waals surface area contributed by atoms with Crippen LogP contribution in [0.15, 0.2) is 18.3 Å². The SMILES string of the molecule is N#Cc1nc2cc[nH]c2cc1Cl. The zero-order chi connectivity index (χ0) is 8.55. The predicted octanol–water partition coefficient (Wildman–Crippen LogP) is 2.09. The van der Waals surface area contributed by atoms with Crippen LogP contribution in [0.5, 0.6) is 0 Å². The maximum atomic E-state index is 8.61. The first kappa shape index (κ1) is 7.14. The molecule has 0 bridgehead atoms. The lowest BCUT2D eigenvalue weighted by Crippen LogP contribution is -1.83. The number of aromatic amines is 1. The topological polar surface area (TPSA) is 52.5 Å². The summed E-state index contributed by atoms with van der Waals surface area (Å²) in [6, 6.07) is 5.42. The Bertz CT molecular complexity index is 467. The molecule has 0 radical (unpaired) electrons. The van der Waals surface area contributed by atoms with E-state index >= 15 is 0 Å². The second-order valence-electron chi connectivity index (χ2n) is 2.34. The van der Waals surface area contributed by atoms with Crippen LogP contribution < -0.4 is 0 Å². The highest BCUT2D eigenvalue weighted by atomic mass is 35.5. The van der Waals surface area contributed by atoms with Gasteiger partial charge in [0.25, 0.3) is 0 Å². The Balaban J connectivity index is 2.84. The number of hydrogen-bond acceptors (Lipinski definition) is 2. The predicted molar refractivity (Wildman–Crippen MR) is 45.8 cm³/mol. The number of nitrogens with one attached hydrogen (secondary N) is 1. The van der Waals surface area contributed by atoms with Gasteiger partial charge in [-0.05, 0) is 12.1 Å². The molecular formula is C8H4ClN3. The van der Waals surface area contributed by atoms with Gasteiger partial charge in [0, 0.05) is 6.20 Å². The second kappa shape index (κ2) is 2.50. The molecule has 58 valence electrons. The monoisotopic (exact) mass is 177 g/mol. The maximum Gasteiger partial charge on any atom is 0.159 e. The zero-order valence-electron chi connectivity index (χ0n) is 6.00. The van der Waals surface area contributed by atoms with Gasteiger partial charge in [-0.2, -0.15) is 5.26 Å². The van der Waals surface area contributed by atoms with Crippen molar-refractivity contribution in [1.29, 1.82) is 5.26 Å². The Hall–Kier alpha value is -1.53. The van der Waals surface area contributed by atoms with Crippen molar-refractivity contribution in [2.24, 2.45) is 0 Å². The average Bonchev–Trinajstić information content (AvgIpc) is 2.49. The summed E-state index contributed by atoms with van der Waals surface area (Å²) < 4.78 is 0. The van der Waals surface area contributed by atoms with Gasteiger partial charge >= 0.3 is 0 Å². The Morgan fingerprint density at radius 2 is 2.42 bits per heavy atom. The van der Waals surface area contributed by atoms with Gasteiger partial charge in [-0.25, -0.2) is 4.98 Å². The largest absolute Gasteiger partial charge is 0.360 e. The fourth-order valence-corrected chi connectivity index (χ4v) is 1.23. The fraction of sp³-hybridized carbons (Fsp3) is 0. The van der Waals surface area contributed by atoms with E-state index in [0.717, 1.165) is 11.0 Å². The standard InChI is InChI=1S/C8H4ClN3/c9-5-3-7-6(1-2-11-7)12-8(5)4-10/h1-3,11H. The number of pyridine rings is 1. The normalized spacial score (nSPS) is 10.0. The smallest absolute Gasteiger partial charge is 0.159 e. The number of H-pyrrole nitrogens is 1. The van der Waals surface area contributed by atoms with E-state index in [2.05, 4.69) is 9.97 Å². The van der Waals surface area contributed by atoms with Crippen molar-refractivity contribution >= 4 is 22.6 Å². The Morgan fingerprint density at radius 3 is 3.17 bits per heavy atom. The van der Waals surface area contributed by atoms with Crippen LogP contribution in [0.3, 0.4) is 0 Å². The third-order valence-electron chi connectivity index (χ3n) is 1.59. The van der Waals surface area contributed by atoms with Crippen LogP contribution in [0.4, 0.5) is 0 Å². The quantitative estimate of drug-likeness (QED) is 0.670. The van der Waals surface area contributed by atoms with E-state index < -0.39 is 0 Å². The number of halogens is 1. The summed E-state index contributed by atoms with van der Waals surface area (Å²) in [7, 11) is 0. The lowest BCUT2D eigenvalue weighted by atomic mass is 10.3. The molecule has 2 aromatic heterocycles. The number of nitrogens with zero attached hydrogens (tertiary/aromatic N) is 2. The first-order valence-corrected chi connectivity index (χ1v) is 3.73. The number of hydrogen-bond donors (Lipinski definition) is 1. The molecule has 0 aliphatic heterocycles. The Kier molecular flexibility index (Phi) is 1.49. The average molecular weight is 178 g/mol. The van der Waals surface area contributed by atoms with Crippen molar-refractivity contribution in [3.63, 3.8) is 0 Å². The highest BCUT2D eigenvalue weighted by molar-refractivity contribution is 6.32. The van der Waals surface area contributed by atoms with Gasteiger partial charge in [-0.3, -0.25) is 0 Å². The van der Waals surface area contributed by atoms with Crippen LogP contribution in [0, 0.1) is 11.3 Å². The highest BCUT2D eigenvalue weighted by Gasteiger charge is 2.03. The summed E-state index contributed by atoms with van der Waals surface area (Å²) in [5.41, 5.74) is 1.87. The van der Waals surface area contributed by atoms with Crippen molar-refractivity contribution in [3.05, 3.63) is 29.0 Å². The van der Waals surface area contributed by atoms with E-state index in [1.165, 1.54) is 0 Å². The van der Waals surface area contributed by atoms with Gasteiger partial charge in [0.15, 0.2) is 5.69 Å². The van der Waals surface area contributed by atoms with E-state index in [4.69, 9.17) is 16.9 Å². The Morgan fingerprint density at radius 1 is 1.58 bits per heavy atom. The number of rotatable bonds is 0. The third-order valence-corrected chi connectivity index (χ3v) is 1.88. The molecule has 0 atom stereocenters. The van der Waals surface area contributed by atoms with E-state index in [1.54, 1.807) is 18.3 Å². The molecule has 3 nitrogen and oxygen atoms in total. The second-order valence-corrected chi connectivity index (χ2v) is 2.75. The molecule has 0 spiro atoms. The molecule has 0 fully saturated rings. The van der Waals surface area contributed by atoms with Crippen molar-refractivity contribution < 1.29 is 0 Å². The summed E-state index contributed by atoms with van der Waals surface area (Å²) in [6.45, 7) is 0. The Labute approximate surface area is 73.6 Å².